The molecule has 8 nitrogen and oxygen atoms in total. The SMILES string of the molecule is C/C=C(\N=N/Cc1ccc2c(c1)ncn2Cc1ccc(OCc2ccc(OC)cc2)c(OC)c1)C1CCCNC1. The van der Waals surface area contributed by atoms with Crippen LogP contribution in [0, 0.1) is 5.92 Å². The van der Waals surface area contributed by atoms with Crippen molar-refractivity contribution < 1.29 is 14.2 Å². The zero-order valence-electron chi connectivity index (χ0n) is 23.5. The minimum Gasteiger partial charge on any atom is -0.497 e. The van der Waals surface area contributed by atoms with Crippen LogP contribution in [0.25, 0.3) is 11.0 Å². The smallest absolute Gasteiger partial charge is 0.161 e. The Hall–Kier alpha value is -4.17. The highest BCUT2D eigenvalue weighted by atomic mass is 16.5. The van der Waals surface area contributed by atoms with E-state index in [1.165, 1.54) is 12.8 Å². The molecule has 3 aromatic carbocycles. The zero-order valence-corrected chi connectivity index (χ0v) is 23.5. The highest BCUT2D eigenvalue weighted by Crippen LogP contribution is 2.30. The maximum atomic E-state index is 6.04. The normalized spacial score (nSPS) is 16.0. The van der Waals surface area contributed by atoms with Crippen LogP contribution < -0.4 is 19.5 Å². The maximum Gasteiger partial charge on any atom is 0.161 e. The van der Waals surface area contributed by atoms with Gasteiger partial charge >= 0.3 is 0 Å². The van der Waals surface area contributed by atoms with Crippen LogP contribution >= 0.6 is 0 Å². The fourth-order valence-electron chi connectivity index (χ4n) is 5.02. The molecule has 0 amide bonds. The number of nitrogens with zero attached hydrogens (tertiary/aromatic N) is 4. The molecule has 1 aliphatic rings. The molecule has 208 valence electrons. The molecule has 8 heteroatoms. The summed E-state index contributed by atoms with van der Waals surface area (Å²) in [5, 5.41) is 12.5. The summed E-state index contributed by atoms with van der Waals surface area (Å²) in [6, 6.07) is 20.2. The van der Waals surface area contributed by atoms with E-state index in [1.807, 2.05) is 49.6 Å². The molecule has 0 aliphatic carbocycles. The fraction of sp³-hybridized carbons (Fsp3) is 0.344. The van der Waals surface area contributed by atoms with E-state index in [4.69, 9.17) is 14.2 Å². The molecule has 1 saturated heterocycles. The molecule has 40 heavy (non-hydrogen) atoms. The van der Waals surface area contributed by atoms with E-state index in [0.717, 1.165) is 52.3 Å². The molecule has 0 saturated carbocycles. The van der Waals surface area contributed by atoms with Crippen molar-refractivity contribution in [3.8, 4) is 17.2 Å². The second kappa shape index (κ2) is 13.3. The molecule has 2 heterocycles. The van der Waals surface area contributed by atoms with Crippen molar-refractivity contribution in [2.45, 2.75) is 39.5 Å². The highest BCUT2D eigenvalue weighted by molar-refractivity contribution is 5.76. The Morgan fingerprint density at radius 3 is 2.58 bits per heavy atom. The number of azo groups is 1. The lowest BCUT2D eigenvalue weighted by Crippen LogP contribution is -2.30. The van der Waals surface area contributed by atoms with E-state index >= 15 is 0 Å². The first kappa shape index (κ1) is 27.4. The summed E-state index contributed by atoms with van der Waals surface area (Å²) < 4.78 is 19.0. The summed E-state index contributed by atoms with van der Waals surface area (Å²) in [7, 11) is 3.32. The summed E-state index contributed by atoms with van der Waals surface area (Å²) in [6.45, 7) is 5.77. The van der Waals surface area contributed by atoms with E-state index in [1.54, 1.807) is 14.2 Å². The number of hydrogen-bond donors (Lipinski definition) is 1. The first-order valence-corrected chi connectivity index (χ1v) is 13.8. The van der Waals surface area contributed by atoms with Gasteiger partial charge in [0.2, 0.25) is 0 Å². The van der Waals surface area contributed by atoms with E-state index < -0.39 is 0 Å². The topological polar surface area (TPSA) is 82.3 Å². The van der Waals surface area contributed by atoms with Gasteiger partial charge in [-0.05, 0) is 79.4 Å². The number of methoxy groups -OCH3 is 2. The third-order valence-corrected chi connectivity index (χ3v) is 7.27. The number of benzene rings is 3. The Labute approximate surface area is 235 Å². The van der Waals surface area contributed by atoms with Crippen LogP contribution in [0.1, 0.15) is 36.5 Å². The van der Waals surface area contributed by atoms with Crippen molar-refractivity contribution in [2.24, 2.45) is 16.1 Å². The maximum absolute atomic E-state index is 6.04. The summed E-state index contributed by atoms with van der Waals surface area (Å²) >= 11 is 0. The molecule has 1 N–H and O–H groups in total. The minimum absolute atomic E-state index is 0.446. The average Bonchev–Trinajstić information content (AvgIpc) is 3.41. The second-order valence-corrected chi connectivity index (χ2v) is 9.97. The first-order valence-electron chi connectivity index (χ1n) is 13.8. The van der Waals surface area contributed by atoms with E-state index in [0.29, 0.717) is 37.1 Å². The van der Waals surface area contributed by atoms with Crippen molar-refractivity contribution in [1.29, 1.82) is 0 Å². The van der Waals surface area contributed by atoms with Crippen LogP contribution in [-0.2, 0) is 19.7 Å². The van der Waals surface area contributed by atoms with Crippen LogP contribution in [0.4, 0.5) is 0 Å². The number of ether oxygens (including phenoxy) is 3. The average molecular weight is 540 g/mol. The number of piperidine rings is 1. The third kappa shape index (κ3) is 6.69. The standard InChI is InChI=1S/C32H37N5O3/c1-4-28(26-6-5-15-33-19-26)36-35-18-24-9-13-30-29(16-24)34-22-37(30)20-25-10-14-31(32(17-25)39-3)40-21-23-7-11-27(38-2)12-8-23/h4,7-14,16-17,22,26,33H,5-6,15,18-21H2,1-3H3/b28-4-,36-35-. The Morgan fingerprint density at radius 1 is 1.00 bits per heavy atom. The van der Waals surface area contributed by atoms with Crippen molar-refractivity contribution in [3.05, 3.63) is 95.5 Å². The molecule has 1 atom stereocenters. The lowest BCUT2D eigenvalue weighted by atomic mass is 9.96. The largest absolute Gasteiger partial charge is 0.497 e. The molecule has 1 aliphatic heterocycles. The Kier molecular flexibility index (Phi) is 9.08. The summed E-state index contributed by atoms with van der Waals surface area (Å²) in [4.78, 5) is 4.65. The molecule has 0 radical (unpaired) electrons. The third-order valence-electron chi connectivity index (χ3n) is 7.27. The van der Waals surface area contributed by atoms with Crippen molar-refractivity contribution >= 4 is 11.0 Å². The first-order chi connectivity index (χ1) is 19.7. The molecular weight excluding hydrogens is 502 g/mol. The zero-order chi connectivity index (χ0) is 27.7. The van der Waals surface area contributed by atoms with Crippen molar-refractivity contribution in [1.82, 2.24) is 14.9 Å². The van der Waals surface area contributed by atoms with Gasteiger partial charge in [0, 0.05) is 19.0 Å². The van der Waals surface area contributed by atoms with Gasteiger partial charge in [-0.15, -0.1) is 0 Å². The van der Waals surface area contributed by atoms with Crippen molar-refractivity contribution in [2.75, 3.05) is 27.3 Å². The van der Waals surface area contributed by atoms with Crippen LogP contribution in [0.2, 0.25) is 0 Å². The van der Waals surface area contributed by atoms with Gasteiger partial charge in [-0.2, -0.15) is 10.2 Å². The Bertz CT molecular complexity index is 1470. The lowest BCUT2D eigenvalue weighted by molar-refractivity contribution is 0.284. The monoisotopic (exact) mass is 539 g/mol. The molecule has 1 fully saturated rings. The highest BCUT2D eigenvalue weighted by Gasteiger charge is 2.16. The molecule has 4 aromatic rings. The van der Waals surface area contributed by atoms with Gasteiger partial charge < -0.3 is 24.1 Å². The van der Waals surface area contributed by atoms with Crippen molar-refractivity contribution in [3.63, 3.8) is 0 Å². The van der Waals surface area contributed by atoms with Crippen LogP contribution in [0.5, 0.6) is 17.2 Å². The molecule has 0 spiro atoms. The summed E-state index contributed by atoms with van der Waals surface area (Å²) in [5.74, 6) is 2.68. The van der Waals surface area contributed by atoms with Gasteiger partial charge in [-0.25, -0.2) is 4.98 Å². The number of allylic oxidation sites excluding steroid dienone is 1. The predicted octanol–water partition coefficient (Wildman–Crippen LogP) is 6.54. The second-order valence-electron chi connectivity index (χ2n) is 9.97. The van der Waals surface area contributed by atoms with Gasteiger partial charge in [0.1, 0.15) is 12.4 Å². The van der Waals surface area contributed by atoms with Crippen LogP contribution in [-0.4, -0.2) is 36.9 Å². The lowest BCUT2D eigenvalue weighted by Gasteiger charge is -2.22. The number of aromatic nitrogens is 2. The predicted molar refractivity (Wildman–Crippen MR) is 157 cm³/mol. The number of nitrogens with one attached hydrogen (secondary N) is 1. The molecule has 1 aromatic heterocycles. The van der Waals surface area contributed by atoms with E-state index in [9.17, 15) is 0 Å². The molecular formula is C32H37N5O3. The van der Waals surface area contributed by atoms with Gasteiger partial charge in [0.05, 0.1) is 43.8 Å². The number of fused-ring (bicyclic) bond motifs is 1. The molecule has 1 unspecified atom stereocenters. The van der Waals surface area contributed by atoms with Gasteiger partial charge in [0.15, 0.2) is 11.5 Å². The molecule has 5 rings (SSSR count). The number of hydrogen-bond acceptors (Lipinski definition) is 7. The fourth-order valence-corrected chi connectivity index (χ4v) is 5.02. The van der Waals surface area contributed by atoms with E-state index in [2.05, 4.69) is 55.4 Å². The van der Waals surface area contributed by atoms with Gasteiger partial charge in [0.25, 0.3) is 0 Å². The number of rotatable bonds is 11. The number of imidazole rings is 1. The van der Waals surface area contributed by atoms with Crippen LogP contribution in [0.15, 0.2) is 89.0 Å². The Morgan fingerprint density at radius 2 is 1.82 bits per heavy atom. The Balaban J connectivity index is 1.22. The minimum atomic E-state index is 0.446. The van der Waals surface area contributed by atoms with Crippen LogP contribution in [0.3, 0.4) is 0 Å². The van der Waals surface area contributed by atoms with Gasteiger partial charge in [-0.1, -0.05) is 30.3 Å². The summed E-state index contributed by atoms with van der Waals surface area (Å²) in [5.41, 5.74) is 6.34. The molecule has 0 bridgehead atoms. The quantitative estimate of drug-likeness (QED) is 0.219. The van der Waals surface area contributed by atoms with E-state index in [-0.39, 0.29) is 0 Å². The van der Waals surface area contributed by atoms with Gasteiger partial charge in [-0.3, -0.25) is 0 Å². The summed E-state index contributed by atoms with van der Waals surface area (Å²) in [6.07, 6.45) is 6.32.